The Morgan fingerprint density at radius 2 is 2.10 bits per heavy atom. The summed E-state index contributed by atoms with van der Waals surface area (Å²) in [6, 6.07) is 5.66. The van der Waals surface area contributed by atoms with Gasteiger partial charge in [-0.1, -0.05) is 22.9 Å². The molecular formula is C14H15BrN2O3. The van der Waals surface area contributed by atoms with Crippen LogP contribution in [0.5, 0.6) is 0 Å². The summed E-state index contributed by atoms with van der Waals surface area (Å²) in [5.74, 6) is -0.815. The maximum atomic E-state index is 12.0. The summed E-state index contributed by atoms with van der Waals surface area (Å²) in [7, 11) is 0. The van der Waals surface area contributed by atoms with Gasteiger partial charge < -0.3 is 10.4 Å². The van der Waals surface area contributed by atoms with Crippen molar-refractivity contribution in [2.75, 3.05) is 18.5 Å². The van der Waals surface area contributed by atoms with E-state index in [0.29, 0.717) is 0 Å². The van der Waals surface area contributed by atoms with Crippen LogP contribution < -0.4 is 5.32 Å². The second-order valence-corrected chi connectivity index (χ2v) is 5.22. The highest BCUT2D eigenvalue weighted by Crippen LogP contribution is 2.23. The van der Waals surface area contributed by atoms with E-state index in [9.17, 15) is 9.59 Å². The summed E-state index contributed by atoms with van der Waals surface area (Å²) in [6.07, 6.45) is 2.12. The van der Waals surface area contributed by atoms with Gasteiger partial charge in [-0.2, -0.15) is 0 Å². The van der Waals surface area contributed by atoms with Gasteiger partial charge in [-0.25, -0.2) is 0 Å². The van der Waals surface area contributed by atoms with Crippen LogP contribution >= 0.6 is 15.9 Å². The molecule has 0 spiro atoms. The molecule has 0 bridgehead atoms. The zero-order valence-electron chi connectivity index (χ0n) is 11.0. The molecule has 5 nitrogen and oxygen atoms in total. The molecule has 0 atom stereocenters. The van der Waals surface area contributed by atoms with Crippen molar-refractivity contribution in [2.24, 2.45) is 0 Å². The van der Waals surface area contributed by atoms with Crippen molar-refractivity contribution >= 4 is 33.4 Å². The predicted octanol–water partition coefficient (Wildman–Crippen LogP) is 1.67. The van der Waals surface area contributed by atoms with Gasteiger partial charge in [-0.3, -0.25) is 14.5 Å². The van der Waals surface area contributed by atoms with E-state index in [-0.39, 0.29) is 18.8 Å². The number of aliphatic hydroxyl groups excluding tert-OH is 1. The van der Waals surface area contributed by atoms with E-state index in [1.807, 2.05) is 25.1 Å². The van der Waals surface area contributed by atoms with Gasteiger partial charge in [0.05, 0.1) is 13.2 Å². The molecule has 2 amide bonds. The molecule has 0 aliphatic carbocycles. The first kappa shape index (κ1) is 14.7. The van der Waals surface area contributed by atoms with Gasteiger partial charge in [0.15, 0.2) is 0 Å². The average molecular weight is 339 g/mol. The maximum Gasteiger partial charge on any atom is 0.277 e. The molecule has 106 valence electrons. The molecule has 1 aliphatic heterocycles. The number of imide groups is 1. The second kappa shape index (κ2) is 6.19. The predicted molar refractivity (Wildman–Crippen MR) is 79.0 cm³/mol. The average Bonchev–Trinajstić information content (AvgIpc) is 2.69. The third-order valence-electron chi connectivity index (χ3n) is 3.04. The summed E-state index contributed by atoms with van der Waals surface area (Å²) in [4.78, 5) is 24.6. The molecule has 0 aromatic heterocycles. The normalized spacial score (nSPS) is 14.8. The number of aryl methyl sites for hydroxylation is 1. The molecule has 0 saturated heterocycles. The van der Waals surface area contributed by atoms with Crippen molar-refractivity contribution in [3.8, 4) is 0 Å². The van der Waals surface area contributed by atoms with E-state index in [1.54, 1.807) is 0 Å². The minimum Gasteiger partial charge on any atom is -0.395 e. The van der Waals surface area contributed by atoms with Crippen LogP contribution in [0.4, 0.5) is 5.69 Å². The number of nitrogens with one attached hydrogen (secondary N) is 1. The second-order valence-electron chi connectivity index (χ2n) is 4.36. The fourth-order valence-electron chi connectivity index (χ4n) is 1.99. The topological polar surface area (TPSA) is 69.6 Å². The van der Waals surface area contributed by atoms with Gasteiger partial charge in [-0.05, 0) is 30.2 Å². The Morgan fingerprint density at radius 1 is 1.35 bits per heavy atom. The number of aliphatic hydroxyl groups is 1. The first-order chi connectivity index (χ1) is 9.56. The van der Waals surface area contributed by atoms with E-state index >= 15 is 0 Å². The van der Waals surface area contributed by atoms with Crippen molar-refractivity contribution < 1.29 is 14.7 Å². The van der Waals surface area contributed by atoms with Gasteiger partial charge in [0, 0.05) is 16.2 Å². The van der Waals surface area contributed by atoms with Crippen LogP contribution in [0.25, 0.3) is 0 Å². The highest BCUT2D eigenvalue weighted by Gasteiger charge is 2.30. The number of carbonyl (C=O) groups is 2. The fraction of sp³-hybridized carbons (Fsp3) is 0.286. The largest absolute Gasteiger partial charge is 0.395 e. The van der Waals surface area contributed by atoms with E-state index in [0.717, 1.165) is 27.0 Å². The smallest absolute Gasteiger partial charge is 0.277 e. The minimum absolute atomic E-state index is 0.0138. The summed E-state index contributed by atoms with van der Waals surface area (Å²) in [6.45, 7) is 1.81. The number of nitrogens with zero attached hydrogens (tertiary/aromatic N) is 1. The monoisotopic (exact) mass is 338 g/mol. The van der Waals surface area contributed by atoms with Crippen LogP contribution in [-0.2, 0) is 16.0 Å². The number of β-amino-alcohol motifs (C(OH)–C–C–N with tert-alkyl or cyclic N) is 1. The van der Waals surface area contributed by atoms with Gasteiger partial charge in [-0.15, -0.1) is 0 Å². The molecule has 0 saturated carbocycles. The quantitative estimate of drug-likeness (QED) is 0.801. The Hall–Kier alpha value is -1.66. The summed E-state index contributed by atoms with van der Waals surface area (Å²) >= 11 is 3.46. The van der Waals surface area contributed by atoms with Crippen LogP contribution in [0, 0.1) is 0 Å². The molecule has 6 heteroatoms. The third kappa shape index (κ3) is 2.91. The van der Waals surface area contributed by atoms with Crippen molar-refractivity contribution in [3.63, 3.8) is 0 Å². The van der Waals surface area contributed by atoms with Crippen molar-refractivity contribution in [3.05, 3.63) is 40.0 Å². The van der Waals surface area contributed by atoms with Crippen LogP contribution in [0.2, 0.25) is 0 Å². The highest BCUT2D eigenvalue weighted by molar-refractivity contribution is 9.10. The molecule has 0 fully saturated rings. The Morgan fingerprint density at radius 3 is 2.75 bits per heavy atom. The maximum absolute atomic E-state index is 12.0. The molecule has 20 heavy (non-hydrogen) atoms. The van der Waals surface area contributed by atoms with Crippen LogP contribution in [-0.4, -0.2) is 35.0 Å². The zero-order chi connectivity index (χ0) is 14.7. The van der Waals surface area contributed by atoms with E-state index in [2.05, 4.69) is 21.2 Å². The highest BCUT2D eigenvalue weighted by atomic mass is 79.9. The Kier molecular flexibility index (Phi) is 4.57. The van der Waals surface area contributed by atoms with Crippen molar-refractivity contribution in [2.45, 2.75) is 13.3 Å². The first-order valence-electron chi connectivity index (χ1n) is 6.30. The zero-order valence-corrected chi connectivity index (χ0v) is 12.6. The molecule has 1 aliphatic rings. The number of hydrogen-bond acceptors (Lipinski definition) is 4. The number of benzene rings is 1. The molecule has 0 unspecified atom stereocenters. The Bertz CT molecular complexity index is 584. The molecule has 1 aromatic carbocycles. The number of anilines is 1. The number of rotatable bonds is 5. The van der Waals surface area contributed by atoms with Gasteiger partial charge in [0.2, 0.25) is 0 Å². The van der Waals surface area contributed by atoms with Gasteiger partial charge in [0.1, 0.15) is 5.70 Å². The lowest BCUT2D eigenvalue weighted by Gasteiger charge is -2.14. The van der Waals surface area contributed by atoms with Crippen LogP contribution in [0.15, 0.2) is 34.4 Å². The SMILES string of the molecule is CCc1cc(NC2=CC(=O)N(CCO)C2=O)ccc1Br. The summed E-state index contributed by atoms with van der Waals surface area (Å²) in [5, 5.41) is 11.8. The molecule has 1 heterocycles. The standard InChI is InChI=1S/C14H15BrN2O3/c1-2-9-7-10(3-4-11(9)15)16-12-8-13(19)17(5-6-18)14(12)20/h3-4,7-8,16,18H,2,5-6H2,1H3. The lowest BCUT2D eigenvalue weighted by atomic mass is 10.1. The lowest BCUT2D eigenvalue weighted by Crippen LogP contribution is -2.34. The van der Waals surface area contributed by atoms with Crippen LogP contribution in [0.3, 0.4) is 0 Å². The number of hydrogen-bond donors (Lipinski definition) is 2. The summed E-state index contributed by atoms with van der Waals surface area (Å²) in [5.41, 5.74) is 2.09. The first-order valence-corrected chi connectivity index (χ1v) is 7.10. The van der Waals surface area contributed by atoms with Crippen LogP contribution in [0.1, 0.15) is 12.5 Å². The van der Waals surface area contributed by atoms with E-state index < -0.39 is 11.8 Å². The molecule has 0 radical (unpaired) electrons. The third-order valence-corrected chi connectivity index (χ3v) is 3.81. The molecule has 1 aromatic rings. The Labute approximate surface area is 125 Å². The molecule has 2 rings (SSSR count). The van der Waals surface area contributed by atoms with Gasteiger partial charge in [0.25, 0.3) is 11.8 Å². The van der Waals surface area contributed by atoms with Gasteiger partial charge >= 0.3 is 0 Å². The number of carbonyl (C=O) groups excluding carboxylic acids is 2. The number of halogens is 1. The fourth-order valence-corrected chi connectivity index (χ4v) is 2.52. The summed E-state index contributed by atoms with van der Waals surface area (Å²) < 4.78 is 1.01. The molecular weight excluding hydrogens is 324 g/mol. The van der Waals surface area contributed by atoms with E-state index in [4.69, 9.17) is 5.11 Å². The number of amides is 2. The Balaban J connectivity index is 2.17. The van der Waals surface area contributed by atoms with Crippen molar-refractivity contribution in [1.82, 2.24) is 4.90 Å². The van der Waals surface area contributed by atoms with Crippen molar-refractivity contribution in [1.29, 1.82) is 0 Å². The lowest BCUT2D eigenvalue weighted by molar-refractivity contribution is -0.137. The minimum atomic E-state index is -0.412. The van der Waals surface area contributed by atoms with E-state index in [1.165, 1.54) is 6.08 Å². The molecule has 2 N–H and O–H groups in total.